The van der Waals surface area contributed by atoms with E-state index in [0.29, 0.717) is 26.1 Å². The number of nitrogens with zero attached hydrogens (tertiary/aromatic N) is 4. The largest absolute Gasteiger partial charge is 0.341 e. The molecule has 1 aromatic rings. The second-order valence-corrected chi connectivity index (χ2v) is 10.3. The van der Waals surface area contributed by atoms with Crippen LogP contribution in [0.4, 0.5) is 0 Å². The standard InChI is InChI=1S/C18H30N4O3S2/c1-2-11-27(24,25)22-8-3-5-16(12-22)18(23)21-7-4-6-20(9-10-21)13-17-14-26-15-19-17/h14-16H,2-13H2,1H3. The normalized spacial score (nSPS) is 23.3. The monoisotopic (exact) mass is 414 g/mol. The van der Waals surface area contributed by atoms with Crippen molar-refractivity contribution in [1.29, 1.82) is 0 Å². The highest BCUT2D eigenvalue weighted by atomic mass is 32.2. The maximum absolute atomic E-state index is 13.0. The fourth-order valence-electron chi connectivity index (χ4n) is 3.94. The van der Waals surface area contributed by atoms with Crippen LogP contribution in [-0.4, -0.2) is 78.4 Å². The van der Waals surface area contributed by atoms with E-state index in [2.05, 4.69) is 15.3 Å². The van der Waals surface area contributed by atoms with E-state index in [4.69, 9.17) is 0 Å². The molecule has 152 valence electrons. The van der Waals surface area contributed by atoms with E-state index in [9.17, 15) is 13.2 Å². The van der Waals surface area contributed by atoms with Crippen LogP contribution in [0.15, 0.2) is 10.9 Å². The molecule has 1 atom stereocenters. The summed E-state index contributed by atoms with van der Waals surface area (Å²) in [7, 11) is -3.23. The average Bonchev–Trinajstić information content (AvgIpc) is 3.05. The Morgan fingerprint density at radius 3 is 2.81 bits per heavy atom. The Kier molecular flexibility index (Phi) is 7.24. The Hall–Kier alpha value is -1.03. The number of sulfonamides is 1. The molecule has 0 spiro atoms. The lowest BCUT2D eigenvalue weighted by molar-refractivity contribution is -0.136. The molecule has 0 radical (unpaired) electrons. The summed E-state index contributed by atoms with van der Waals surface area (Å²) >= 11 is 1.61. The SMILES string of the molecule is CCCS(=O)(=O)N1CCCC(C(=O)N2CCCN(Cc3cscn3)CC2)C1. The van der Waals surface area contributed by atoms with Crippen molar-refractivity contribution in [1.82, 2.24) is 19.1 Å². The highest BCUT2D eigenvalue weighted by Crippen LogP contribution is 2.22. The quantitative estimate of drug-likeness (QED) is 0.707. The Morgan fingerprint density at radius 2 is 2.07 bits per heavy atom. The number of hydrogen-bond acceptors (Lipinski definition) is 6. The zero-order chi connectivity index (χ0) is 19.3. The van der Waals surface area contributed by atoms with Crippen LogP contribution in [0.5, 0.6) is 0 Å². The molecule has 7 nitrogen and oxygen atoms in total. The minimum Gasteiger partial charge on any atom is -0.341 e. The second-order valence-electron chi connectivity index (χ2n) is 7.45. The number of thiazole rings is 1. The number of aromatic nitrogens is 1. The summed E-state index contributed by atoms with van der Waals surface area (Å²) < 4.78 is 26.3. The van der Waals surface area contributed by atoms with E-state index in [1.807, 2.05) is 17.3 Å². The molecule has 1 aromatic heterocycles. The second kappa shape index (κ2) is 9.45. The molecule has 0 aliphatic carbocycles. The molecule has 9 heteroatoms. The molecule has 3 heterocycles. The first kappa shape index (κ1) is 20.7. The molecule has 0 bridgehead atoms. The van der Waals surface area contributed by atoms with Crippen LogP contribution in [0, 0.1) is 5.92 Å². The number of rotatable bonds is 6. The molecule has 2 fully saturated rings. The van der Waals surface area contributed by atoms with E-state index in [1.165, 1.54) is 4.31 Å². The Bertz CT molecular complexity index is 708. The number of carbonyl (C=O) groups is 1. The van der Waals surface area contributed by atoms with Gasteiger partial charge in [-0.25, -0.2) is 17.7 Å². The summed E-state index contributed by atoms with van der Waals surface area (Å²) in [4.78, 5) is 21.7. The lowest BCUT2D eigenvalue weighted by atomic mass is 9.98. The van der Waals surface area contributed by atoms with Crippen LogP contribution in [0.2, 0.25) is 0 Å². The zero-order valence-electron chi connectivity index (χ0n) is 16.0. The van der Waals surface area contributed by atoms with Gasteiger partial charge in [0.1, 0.15) is 0 Å². The van der Waals surface area contributed by atoms with Crippen LogP contribution in [0.3, 0.4) is 0 Å². The highest BCUT2D eigenvalue weighted by molar-refractivity contribution is 7.89. The van der Waals surface area contributed by atoms with Crippen LogP contribution in [0.25, 0.3) is 0 Å². The molecule has 1 unspecified atom stereocenters. The van der Waals surface area contributed by atoms with Crippen molar-refractivity contribution in [3.05, 3.63) is 16.6 Å². The summed E-state index contributed by atoms with van der Waals surface area (Å²) in [6.45, 7) is 6.87. The van der Waals surface area contributed by atoms with Crippen molar-refractivity contribution in [3.8, 4) is 0 Å². The van der Waals surface area contributed by atoms with Gasteiger partial charge in [-0.15, -0.1) is 11.3 Å². The first-order valence-electron chi connectivity index (χ1n) is 9.85. The van der Waals surface area contributed by atoms with Gasteiger partial charge in [-0.2, -0.15) is 0 Å². The minimum atomic E-state index is -3.23. The summed E-state index contributed by atoms with van der Waals surface area (Å²) in [6.07, 6.45) is 3.11. The molecular weight excluding hydrogens is 384 g/mol. The van der Waals surface area contributed by atoms with Crippen LogP contribution >= 0.6 is 11.3 Å². The van der Waals surface area contributed by atoms with Gasteiger partial charge in [0.2, 0.25) is 15.9 Å². The maximum Gasteiger partial charge on any atom is 0.227 e. The van der Waals surface area contributed by atoms with E-state index in [-0.39, 0.29) is 17.6 Å². The fourth-order valence-corrected chi connectivity index (χ4v) is 6.07. The van der Waals surface area contributed by atoms with Crippen molar-refractivity contribution in [2.24, 2.45) is 5.92 Å². The van der Waals surface area contributed by atoms with Gasteiger partial charge in [0, 0.05) is 51.2 Å². The third-order valence-electron chi connectivity index (χ3n) is 5.36. The van der Waals surface area contributed by atoms with Crippen LogP contribution < -0.4 is 0 Å². The molecular formula is C18H30N4O3S2. The molecule has 2 aliphatic heterocycles. The van der Waals surface area contributed by atoms with E-state index in [1.54, 1.807) is 11.3 Å². The summed E-state index contributed by atoms with van der Waals surface area (Å²) in [5.74, 6) is 0.0980. The van der Waals surface area contributed by atoms with Crippen molar-refractivity contribution < 1.29 is 13.2 Å². The van der Waals surface area contributed by atoms with E-state index >= 15 is 0 Å². The van der Waals surface area contributed by atoms with Crippen LogP contribution in [0.1, 0.15) is 38.3 Å². The van der Waals surface area contributed by atoms with Crippen molar-refractivity contribution in [3.63, 3.8) is 0 Å². The lowest BCUT2D eigenvalue weighted by Crippen LogP contribution is -2.48. The first-order valence-corrected chi connectivity index (χ1v) is 12.4. The molecule has 2 saturated heterocycles. The van der Waals surface area contributed by atoms with Gasteiger partial charge < -0.3 is 4.90 Å². The van der Waals surface area contributed by atoms with Gasteiger partial charge in [0.15, 0.2) is 0 Å². The number of carbonyl (C=O) groups excluding carboxylic acids is 1. The van der Waals surface area contributed by atoms with Gasteiger partial charge in [-0.3, -0.25) is 9.69 Å². The van der Waals surface area contributed by atoms with Gasteiger partial charge in [-0.05, 0) is 25.7 Å². The van der Waals surface area contributed by atoms with E-state index in [0.717, 1.165) is 51.1 Å². The van der Waals surface area contributed by atoms with Gasteiger partial charge in [-0.1, -0.05) is 6.92 Å². The molecule has 0 saturated carbocycles. The van der Waals surface area contributed by atoms with Crippen LogP contribution in [-0.2, 0) is 21.4 Å². The number of amides is 1. The maximum atomic E-state index is 13.0. The first-order chi connectivity index (χ1) is 13.0. The molecule has 1 amide bonds. The molecule has 3 rings (SSSR count). The molecule has 0 N–H and O–H groups in total. The highest BCUT2D eigenvalue weighted by Gasteiger charge is 2.34. The van der Waals surface area contributed by atoms with Crippen molar-refractivity contribution >= 4 is 27.3 Å². The summed E-state index contributed by atoms with van der Waals surface area (Å²) in [5, 5.41) is 2.07. The Balaban J connectivity index is 1.55. The molecule has 27 heavy (non-hydrogen) atoms. The third kappa shape index (κ3) is 5.49. The van der Waals surface area contributed by atoms with Gasteiger partial charge >= 0.3 is 0 Å². The zero-order valence-corrected chi connectivity index (χ0v) is 17.7. The lowest BCUT2D eigenvalue weighted by Gasteiger charge is -2.34. The summed E-state index contributed by atoms with van der Waals surface area (Å²) in [6, 6.07) is 0. The smallest absolute Gasteiger partial charge is 0.227 e. The molecule has 2 aliphatic rings. The van der Waals surface area contributed by atoms with Crippen molar-refractivity contribution in [2.75, 3.05) is 45.0 Å². The van der Waals surface area contributed by atoms with Gasteiger partial charge in [0.25, 0.3) is 0 Å². The Labute approximate surface area is 166 Å². The van der Waals surface area contributed by atoms with E-state index < -0.39 is 10.0 Å². The minimum absolute atomic E-state index is 0.127. The van der Waals surface area contributed by atoms with Crippen molar-refractivity contribution in [2.45, 2.75) is 39.2 Å². The average molecular weight is 415 g/mol. The van der Waals surface area contributed by atoms with Gasteiger partial charge in [0.05, 0.1) is 22.9 Å². The third-order valence-corrected chi connectivity index (χ3v) is 8.04. The predicted molar refractivity (Wildman–Crippen MR) is 107 cm³/mol. The number of hydrogen-bond donors (Lipinski definition) is 0. The predicted octanol–water partition coefficient (Wildman–Crippen LogP) is 1.63. The summed E-state index contributed by atoms with van der Waals surface area (Å²) in [5.41, 5.74) is 2.94. The molecule has 0 aromatic carbocycles. The topological polar surface area (TPSA) is 73.8 Å². The Morgan fingerprint density at radius 1 is 1.22 bits per heavy atom. The number of piperidine rings is 1. The fraction of sp³-hybridized carbons (Fsp3) is 0.778.